The van der Waals surface area contributed by atoms with E-state index in [1.165, 1.54) is 17.7 Å². The molecule has 1 aromatic carbocycles. The lowest BCUT2D eigenvalue weighted by Gasteiger charge is -2.38. The summed E-state index contributed by atoms with van der Waals surface area (Å²) in [7, 11) is 0. The molecule has 2 heterocycles. The van der Waals surface area contributed by atoms with Crippen LogP contribution >= 0.6 is 11.6 Å². The Morgan fingerprint density at radius 1 is 1.07 bits per heavy atom. The van der Waals surface area contributed by atoms with Crippen molar-refractivity contribution in [1.82, 2.24) is 14.8 Å². The molecule has 0 spiro atoms. The number of nitrogens with one attached hydrogen (secondary N) is 1. The van der Waals surface area contributed by atoms with E-state index < -0.39 is 5.54 Å². The highest BCUT2D eigenvalue weighted by Gasteiger charge is 2.40. The Kier molecular flexibility index (Phi) is 6.69. The van der Waals surface area contributed by atoms with Crippen molar-refractivity contribution in [2.45, 2.75) is 44.6 Å². The number of anilines is 1. The third-order valence-electron chi connectivity index (χ3n) is 6.80. The maximum absolute atomic E-state index is 13.2. The number of benzene rings is 1. The van der Waals surface area contributed by atoms with Crippen LogP contribution in [-0.2, 0) is 10.3 Å². The van der Waals surface area contributed by atoms with Crippen LogP contribution in [0.1, 0.15) is 37.7 Å². The van der Waals surface area contributed by atoms with Gasteiger partial charge in [-0.2, -0.15) is 0 Å². The number of aryl methyl sites for hydroxylation is 1. The predicted octanol–water partition coefficient (Wildman–Crippen LogP) is 4.05. The molecule has 162 valence electrons. The van der Waals surface area contributed by atoms with Gasteiger partial charge in [-0.25, -0.2) is 0 Å². The monoisotopic (exact) mass is 428 g/mol. The second-order valence-corrected chi connectivity index (χ2v) is 9.13. The second kappa shape index (κ2) is 9.44. The standard InChI is InChI=1S/C24H33ClN4O/c1-20-7-8-21(25)19-22(20)28-17-15-27(16-18-28)14-11-26-23(30)24(9-3-2-4-10-24)29-12-5-6-13-29/h5-8,12-13,19H,2-4,9-11,14-18H2,1H3,(H,26,30). The fourth-order valence-corrected chi connectivity index (χ4v) is 5.15. The first-order valence-corrected chi connectivity index (χ1v) is 11.6. The van der Waals surface area contributed by atoms with Crippen molar-refractivity contribution in [2.24, 2.45) is 0 Å². The number of halogens is 1. The van der Waals surface area contributed by atoms with Crippen LogP contribution in [0, 0.1) is 6.92 Å². The number of hydrogen-bond donors (Lipinski definition) is 1. The van der Waals surface area contributed by atoms with Crippen molar-refractivity contribution in [3.8, 4) is 0 Å². The molecular weight excluding hydrogens is 396 g/mol. The van der Waals surface area contributed by atoms with E-state index in [1.807, 2.05) is 30.6 Å². The molecule has 0 atom stereocenters. The fraction of sp³-hybridized carbons (Fsp3) is 0.542. The van der Waals surface area contributed by atoms with Crippen molar-refractivity contribution in [2.75, 3.05) is 44.2 Å². The van der Waals surface area contributed by atoms with Crippen LogP contribution in [-0.4, -0.2) is 54.6 Å². The van der Waals surface area contributed by atoms with Gasteiger partial charge in [0.2, 0.25) is 5.91 Å². The van der Waals surface area contributed by atoms with Gasteiger partial charge in [-0.3, -0.25) is 9.69 Å². The normalized spacial score (nSPS) is 19.6. The molecule has 1 amide bonds. The average molecular weight is 429 g/mol. The van der Waals surface area contributed by atoms with Crippen LogP contribution in [0.5, 0.6) is 0 Å². The summed E-state index contributed by atoms with van der Waals surface area (Å²) in [5.41, 5.74) is 2.11. The van der Waals surface area contributed by atoms with E-state index >= 15 is 0 Å². The zero-order valence-corrected chi connectivity index (χ0v) is 18.7. The van der Waals surface area contributed by atoms with Gasteiger partial charge in [-0.1, -0.05) is 36.9 Å². The van der Waals surface area contributed by atoms with Gasteiger partial charge in [0.05, 0.1) is 0 Å². The molecule has 0 radical (unpaired) electrons. The first kappa shape index (κ1) is 21.3. The summed E-state index contributed by atoms with van der Waals surface area (Å²) in [6.45, 7) is 7.73. The molecule has 6 heteroatoms. The van der Waals surface area contributed by atoms with Gasteiger partial charge in [-0.15, -0.1) is 0 Å². The molecular formula is C24H33ClN4O. The van der Waals surface area contributed by atoms with Crippen LogP contribution in [0.3, 0.4) is 0 Å². The van der Waals surface area contributed by atoms with E-state index in [4.69, 9.17) is 11.6 Å². The molecule has 1 saturated carbocycles. The molecule has 4 rings (SSSR count). The van der Waals surface area contributed by atoms with E-state index in [2.05, 4.69) is 38.7 Å². The Hall–Kier alpha value is -1.98. The van der Waals surface area contributed by atoms with Crippen molar-refractivity contribution in [3.63, 3.8) is 0 Å². The topological polar surface area (TPSA) is 40.5 Å². The number of aromatic nitrogens is 1. The highest BCUT2D eigenvalue weighted by atomic mass is 35.5. The van der Waals surface area contributed by atoms with Crippen molar-refractivity contribution in [3.05, 3.63) is 53.3 Å². The Morgan fingerprint density at radius 2 is 1.77 bits per heavy atom. The SMILES string of the molecule is Cc1ccc(Cl)cc1N1CCN(CCNC(=O)C2(n3cccc3)CCCCC2)CC1. The lowest BCUT2D eigenvalue weighted by atomic mass is 9.80. The second-order valence-electron chi connectivity index (χ2n) is 8.70. The number of hydrogen-bond acceptors (Lipinski definition) is 3. The summed E-state index contributed by atoms with van der Waals surface area (Å²) in [6, 6.07) is 10.1. The van der Waals surface area contributed by atoms with Gasteiger partial charge in [0, 0.05) is 62.4 Å². The molecule has 2 aromatic rings. The van der Waals surface area contributed by atoms with Crippen LogP contribution in [0.4, 0.5) is 5.69 Å². The molecule has 1 aliphatic carbocycles. The minimum Gasteiger partial charge on any atom is -0.369 e. The number of amides is 1. The molecule has 0 unspecified atom stereocenters. The minimum atomic E-state index is -0.398. The first-order chi connectivity index (χ1) is 14.6. The van der Waals surface area contributed by atoms with Crippen LogP contribution in [0.2, 0.25) is 5.02 Å². The summed E-state index contributed by atoms with van der Waals surface area (Å²) >= 11 is 6.20. The summed E-state index contributed by atoms with van der Waals surface area (Å²) in [5.74, 6) is 0.187. The smallest absolute Gasteiger partial charge is 0.246 e. The van der Waals surface area contributed by atoms with Gasteiger partial charge >= 0.3 is 0 Å². The maximum Gasteiger partial charge on any atom is 0.246 e. The number of rotatable bonds is 6. The number of piperazine rings is 1. The van der Waals surface area contributed by atoms with Gasteiger partial charge < -0.3 is 14.8 Å². The van der Waals surface area contributed by atoms with Crippen LogP contribution < -0.4 is 10.2 Å². The number of nitrogens with zero attached hydrogens (tertiary/aromatic N) is 3. The maximum atomic E-state index is 13.2. The molecule has 1 saturated heterocycles. The lowest BCUT2D eigenvalue weighted by Crippen LogP contribution is -2.52. The van der Waals surface area contributed by atoms with Crippen molar-refractivity contribution >= 4 is 23.2 Å². The molecule has 1 N–H and O–H groups in total. The highest BCUT2D eigenvalue weighted by Crippen LogP contribution is 2.35. The third kappa shape index (κ3) is 4.52. The minimum absolute atomic E-state index is 0.187. The molecule has 1 aromatic heterocycles. The van der Waals surface area contributed by atoms with E-state index in [9.17, 15) is 4.79 Å². The summed E-state index contributed by atoms with van der Waals surface area (Å²) < 4.78 is 2.13. The molecule has 30 heavy (non-hydrogen) atoms. The molecule has 1 aliphatic heterocycles. The molecule has 2 aliphatic rings. The van der Waals surface area contributed by atoms with Gasteiger partial charge in [0.15, 0.2) is 0 Å². The fourth-order valence-electron chi connectivity index (χ4n) is 4.99. The molecule has 0 bridgehead atoms. The predicted molar refractivity (Wildman–Crippen MR) is 123 cm³/mol. The van der Waals surface area contributed by atoms with Crippen LogP contribution in [0.15, 0.2) is 42.7 Å². The lowest BCUT2D eigenvalue weighted by molar-refractivity contribution is -0.131. The summed E-state index contributed by atoms with van der Waals surface area (Å²) in [5, 5.41) is 4.05. The quantitative estimate of drug-likeness (QED) is 0.754. The van der Waals surface area contributed by atoms with Crippen molar-refractivity contribution in [1.29, 1.82) is 0 Å². The Bertz CT molecular complexity index is 837. The van der Waals surface area contributed by atoms with Gasteiger partial charge in [0.1, 0.15) is 5.54 Å². The van der Waals surface area contributed by atoms with Crippen LogP contribution in [0.25, 0.3) is 0 Å². The Morgan fingerprint density at radius 3 is 2.47 bits per heavy atom. The third-order valence-corrected chi connectivity index (χ3v) is 7.03. The van der Waals surface area contributed by atoms with E-state index in [-0.39, 0.29) is 5.91 Å². The molecule has 2 fully saturated rings. The Balaban J connectivity index is 1.28. The van der Waals surface area contributed by atoms with Crippen molar-refractivity contribution < 1.29 is 4.79 Å². The highest BCUT2D eigenvalue weighted by molar-refractivity contribution is 6.30. The zero-order chi connectivity index (χ0) is 21.0. The van der Waals surface area contributed by atoms with E-state index in [0.717, 1.165) is 63.4 Å². The van der Waals surface area contributed by atoms with Gasteiger partial charge in [-0.05, 0) is 49.6 Å². The first-order valence-electron chi connectivity index (χ1n) is 11.2. The zero-order valence-electron chi connectivity index (χ0n) is 17.9. The summed E-state index contributed by atoms with van der Waals surface area (Å²) in [6.07, 6.45) is 9.43. The van der Waals surface area contributed by atoms with E-state index in [1.54, 1.807) is 0 Å². The largest absolute Gasteiger partial charge is 0.369 e. The van der Waals surface area contributed by atoms with E-state index in [0.29, 0.717) is 6.54 Å². The number of carbonyl (C=O) groups is 1. The molecule has 5 nitrogen and oxygen atoms in total. The Labute approximate surface area is 185 Å². The summed E-state index contributed by atoms with van der Waals surface area (Å²) in [4.78, 5) is 18.1. The number of carbonyl (C=O) groups excluding carboxylic acids is 1. The van der Waals surface area contributed by atoms with Gasteiger partial charge in [0.25, 0.3) is 0 Å². The average Bonchev–Trinajstić information content (AvgIpc) is 3.32.